The van der Waals surface area contributed by atoms with E-state index in [-0.39, 0.29) is 17.3 Å². The number of carbonyl (C=O) groups is 1. The zero-order valence-corrected chi connectivity index (χ0v) is 16.3. The van der Waals surface area contributed by atoms with Crippen molar-refractivity contribution < 1.29 is 9.72 Å². The molecule has 4 rings (SSSR count). The average molecular weight is 406 g/mol. The van der Waals surface area contributed by atoms with E-state index in [0.717, 1.165) is 25.1 Å². The van der Waals surface area contributed by atoms with Gasteiger partial charge in [0.15, 0.2) is 0 Å². The molecule has 1 aliphatic rings. The van der Waals surface area contributed by atoms with Crippen LogP contribution in [0.25, 0.3) is 11.3 Å². The van der Waals surface area contributed by atoms with Gasteiger partial charge in [0.05, 0.1) is 16.4 Å². The van der Waals surface area contributed by atoms with Crippen molar-refractivity contribution in [3.8, 4) is 11.3 Å². The number of thioether (sulfide) groups is 1. The fourth-order valence-electron chi connectivity index (χ4n) is 3.34. The number of benzene rings is 2. The number of para-hydroxylation sites is 1. The number of aryl methyl sites for hydroxylation is 1. The van der Waals surface area contributed by atoms with Crippen molar-refractivity contribution in [2.24, 2.45) is 0 Å². The van der Waals surface area contributed by atoms with E-state index in [2.05, 4.69) is 16.3 Å². The molecule has 0 saturated heterocycles. The summed E-state index contributed by atoms with van der Waals surface area (Å²) >= 11 is 1.34. The van der Waals surface area contributed by atoms with E-state index in [0.29, 0.717) is 16.3 Å². The zero-order valence-electron chi connectivity index (χ0n) is 15.5. The quantitative estimate of drug-likeness (QED) is 0.360. The van der Waals surface area contributed by atoms with Gasteiger partial charge in [-0.1, -0.05) is 42.1 Å². The van der Waals surface area contributed by atoms with E-state index in [9.17, 15) is 14.9 Å². The molecule has 0 atom stereocenters. The van der Waals surface area contributed by atoms with Crippen LogP contribution in [-0.2, 0) is 11.2 Å². The van der Waals surface area contributed by atoms with Crippen LogP contribution in [0.15, 0.2) is 65.7 Å². The second-order valence-corrected chi connectivity index (χ2v) is 7.63. The van der Waals surface area contributed by atoms with Crippen LogP contribution in [0.5, 0.6) is 0 Å². The zero-order chi connectivity index (χ0) is 20.2. The lowest BCUT2D eigenvalue weighted by molar-refractivity contribution is -0.384. The fourth-order valence-corrected chi connectivity index (χ4v) is 4.03. The number of carbonyl (C=O) groups excluding carboxylic acids is 1. The topological polar surface area (TPSA) is 89.2 Å². The molecule has 0 radical (unpaired) electrons. The van der Waals surface area contributed by atoms with Crippen LogP contribution in [0.1, 0.15) is 12.0 Å². The minimum atomic E-state index is -0.439. The monoisotopic (exact) mass is 406 g/mol. The standard InChI is InChI=1S/C21H18N4O3S/c26-21(24-12-4-7-15-5-1-2-9-19(15)24)14-29-20-11-10-18(22-23-20)16-6-3-8-17(13-16)25(27)28/h1-3,5-6,8-11,13H,4,7,12,14H2. The first-order valence-corrected chi connectivity index (χ1v) is 10.2. The molecule has 1 amide bonds. The Labute approximate surface area is 171 Å². The lowest BCUT2D eigenvalue weighted by atomic mass is 10.0. The number of nitro benzene ring substituents is 1. The largest absolute Gasteiger partial charge is 0.311 e. The predicted octanol–water partition coefficient (Wildman–Crippen LogP) is 4.12. The highest BCUT2D eigenvalue weighted by atomic mass is 32.2. The number of nitrogens with zero attached hydrogens (tertiary/aromatic N) is 4. The molecule has 1 aliphatic heterocycles. The maximum absolute atomic E-state index is 12.7. The van der Waals surface area contributed by atoms with Crippen molar-refractivity contribution >= 4 is 29.0 Å². The number of nitro groups is 1. The van der Waals surface area contributed by atoms with Gasteiger partial charge in [0.1, 0.15) is 5.03 Å². The Kier molecular flexibility index (Phi) is 5.53. The number of hydrogen-bond donors (Lipinski definition) is 0. The van der Waals surface area contributed by atoms with Crippen LogP contribution in [0.4, 0.5) is 11.4 Å². The highest BCUT2D eigenvalue weighted by molar-refractivity contribution is 7.99. The lowest BCUT2D eigenvalue weighted by Gasteiger charge is -2.29. The van der Waals surface area contributed by atoms with Crippen molar-refractivity contribution in [2.75, 3.05) is 17.2 Å². The lowest BCUT2D eigenvalue weighted by Crippen LogP contribution is -2.36. The third-order valence-electron chi connectivity index (χ3n) is 4.75. The summed E-state index contributed by atoms with van der Waals surface area (Å²) in [6.07, 6.45) is 1.96. The minimum absolute atomic E-state index is 0.00941. The van der Waals surface area contributed by atoms with Gasteiger partial charge in [0.25, 0.3) is 5.69 Å². The van der Waals surface area contributed by atoms with E-state index >= 15 is 0 Å². The van der Waals surface area contributed by atoms with E-state index in [4.69, 9.17) is 0 Å². The second kappa shape index (κ2) is 8.40. The second-order valence-electron chi connectivity index (χ2n) is 6.63. The summed E-state index contributed by atoms with van der Waals surface area (Å²) in [6, 6.07) is 17.8. The van der Waals surface area contributed by atoms with Gasteiger partial charge in [-0.05, 0) is 36.6 Å². The summed E-state index contributed by atoms with van der Waals surface area (Å²) in [5.41, 5.74) is 3.39. The van der Waals surface area contributed by atoms with E-state index in [1.807, 2.05) is 23.1 Å². The molecular formula is C21H18N4O3S. The molecule has 0 aliphatic carbocycles. The summed E-state index contributed by atoms with van der Waals surface area (Å²) in [6.45, 7) is 0.730. The molecule has 2 aromatic carbocycles. The summed E-state index contributed by atoms with van der Waals surface area (Å²) in [5, 5.41) is 19.9. The molecule has 0 bridgehead atoms. The molecule has 3 aromatic rings. The van der Waals surface area contributed by atoms with Crippen molar-refractivity contribution in [1.82, 2.24) is 10.2 Å². The maximum Gasteiger partial charge on any atom is 0.270 e. The van der Waals surface area contributed by atoms with Gasteiger partial charge in [-0.25, -0.2) is 0 Å². The molecule has 0 fully saturated rings. The first-order chi connectivity index (χ1) is 14.1. The number of amides is 1. The van der Waals surface area contributed by atoms with Crippen LogP contribution in [0.3, 0.4) is 0 Å². The summed E-state index contributed by atoms with van der Waals surface area (Å²) in [5.74, 6) is 0.325. The van der Waals surface area contributed by atoms with Gasteiger partial charge in [-0.15, -0.1) is 10.2 Å². The van der Waals surface area contributed by atoms with Crippen molar-refractivity contribution in [2.45, 2.75) is 17.9 Å². The SMILES string of the molecule is O=C(CSc1ccc(-c2cccc([N+](=O)[O-])c2)nn1)N1CCCc2ccccc21. The van der Waals surface area contributed by atoms with Crippen LogP contribution < -0.4 is 4.90 Å². The van der Waals surface area contributed by atoms with Gasteiger partial charge < -0.3 is 4.90 Å². The molecule has 0 unspecified atom stereocenters. The normalized spacial score (nSPS) is 13.0. The Morgan fingerprint density at radius 3 is 2.76 bits per heavy atom. The Hall–Kier alpha value is -3.26. The number of rotatable bonds is 5. The molecule has 2 heterocycles. The van der Waals surface area contributed by atoms with Crippen molar-refractivity contribution in [3.05, 3.63) is 76.3 Å². The maximum atomic E-state index is 12.7. The number of non-ortho nitro benzene ring substituents is 1. The first kappa shape index (κ1) is 19.1. The molecular weight excluding hydrogens is 388 g/mol. The number of hydrogen-bond acceptors (Lipinski definition) is 6. The van der Waals surface area contributed by atoms with Gasteiger partial charge in [-0.2, -0.15) is 0 Å². The highest BCUT2D eigenvalue weighted by Crippen LogP contribution is 2.28. The Balaban J connectivity index is 1.42. The van der Waals surface area contributed by atoms with Gasteiger partial charge in [0.2, 0.25) is 5.91 Å². The number of fused-ring (bicyclic) bond motifs is 1. The number of aromatic nitrogens is 2. The Morgan fingerprint density at radius 1 is 1.10 bits per heavy atom. The first-order valence-electron chi connectivity index (χ1n) is 9.21. The molecule has 1 aromatic heterocycles. The Bertz CT molecular complexity index is 1060. The van der Waals surface area contributed by atoms with Crippen LogP contribution in [0.2, 0.25) is 0 Å². The third kappa shape index (κ3) is 4.27. The molecule has 146 valence electrons. The minimum Gasteiger partial charge on any atom is -0.311 e. The van der Waals surface area contributed by atoms with Crippen LogP contribution >= 0.6 is 11.8 Å². The summed E-state index contributed by atoms with van der Waals surface area (Å²) in [4.78, 5) is 25.0. The molecule has 7 nitrogen and oxygen atoms in total. The van der Waals surface area contributed by atoms with E-state index < -0.39 is 4.92 Å². The predicted molar refractivity (Wildman–Crippen MR) is 112 cm³/mol. The van der Waals surface area contributed by atoms with Crippen LogP contribution in [0, 0.1) is 10.1 Å². The van der Waals surface area contributed by atoms with Gasteiger partial charge in [-0.3, -0.25) is 14.9 Å². The third-order valence-corrected chi connectivity index (χ3v) is 5.65. The summed E-state index contributed by atoms with van der Waals surface area (Å²) < 4.78 is 0. The smallest absolute Gasteiger partial charge is 0.270 e. The van der Waals surface area contributed by atoms with Crippen molar-refractivity contribution in [1.29, 1.82) is 0 Å². The average Bonchev–Trinajstić information content (AvgIpc) is 2.77. The van der Waals surface area contributed by atoms with Gasteiger partial charge in [0, 0.05) is 29.9 Å². The molecule has 0 N–H and O–H groups in total. The number of anilines is 1. The molecule has 0 spiro atoms. The Morgan fingerprint density at radius 2 is 1.97 bits per heavy atom. The van der Waals surface area contributed by atoms with Crippen LogP contribution in [-0.4, -0.2) is 33.3 Å². The van der Waals surface area contributed by atoms with E-state index in [1.165, 1.54) is 29.5 Å². The molecule has 29 heavy (non-hydrogen) atoms. The molecule has 0 saturated carbocycles. The van der Waals surface area contributed by atoms with Gasteiger partial charge >= 0.3 is 0 Å². The van der Waals surface area contributed by atoms with Crippen molar-refractivity contribution in [3.63, 3.8) is 0 Å². The molecule has 8 heteroatoms. The summed E-state index contributed by atoms with van der Waals surface area (Å²) in [7, 11) is 0. The fraction of sp³-hybridized carbons (Fsp3) is 0.190. The highest BCUT2D eigenvalue weighted by Gasteiger charge is 2.22. The van der Waals surface area contributed by atoms with E-state index in [1.54, 1.807) is 24.3 Å².